The smallest absolute Gasteiger partial charge is 0.211 e. The minimum absolute atomic E-state index is 0.339. The van der Waals surface area contributed by atoms with Crippen LogP contribution in [0.5, 0.6) is 0 Å². The third-order valence-corrected chi connectivity index (χ3v) is 13.1. The van der Waals surface area contributed by atoms with E-state index in [1.807, 2.05) is 66.7 Å². The van der Waals surface area contributed by atoms with Crippen molar-refractivity contribution < 1.29 is 0 Å². The molecule has 0 aliphatic heterocycles. The topological polar surface area (TPSA) is 68.7 Å². The molecule has 4 heterocycles. The van der Waals surface area contributed by atoms with Gasteiger partial charge >= 0.3 is 0 Å². The minimum Gasteiger partial charge on any atom is -0.319 e. The van der Waals surface area contributed by atoms with Crippen LogP contribution < -0.4 is 0 Å². The molecule has 0 saturated heterocycles. The molecule has 13 rings (SSSR count). The van der Waals surface area contributed by atoms with Gasteiger partial charge in [-0.1, -0.05) is 140 Å². The summed E-state index contributed by atoms with van der Waals surface area (Å²) in [5.41, 5.74) is 13.2. The van der Waals surface area contributed by atoms with Gasteiger partial charge in [0.25, 0.3) is 0 Å². The first kappa shape index (κ1) is 37.9. The Kier molecular flexibility index (Phi) is 8.51. The number of hydrogen-bond acceptors (Lipinski definition) is 3. The summed E-state index contributed by atoms with van der Waals surface area (Å²) in [6, 6.07) is 75.3. The lowest BCUT2D eigenvalue weighted by atomic mass is 9.99. The van der Waals surface area contributed by atoms with E-state index in [0.717, 1.165) is 88.2 Å². The van der Waals surface area contributed by atoms with Crippen molar-refractivity contribution in [2.75, 3.05) is 0 Å². The zero-order valence-electron chi connectivity index (χ0n) is 35.8. The van der Waals surface area contributed by atoms with Crippen molar-refractivity contribution >= 4 is 71.1 Å². The summed E-state index contributed by atoms with van der Waals surface area (Å²) in [7, 11) is 0. The molecule has 0 saturated carbocycles. The highest BCUT2D eigenvalue weighted by Gasteiger charge is 2.23. The van der Waals surface area contributed by atoms with Crippen LogP contribution in [0, 0.1) is 17.9 Å². The molecule has 0 amide bonds. The quantitative estimate of drug-likeness (QED) is 0.156. The van der Waals surface area contributed by atoms with Gasteiger partial charge in [0.1, 0.15) is 11.6 Å². The Bertz CT molecular complexity index is 4220. The van der Waals surface area contributed by atoms with Crippen molar-refractivity contribution in [1.29, 1.82) is 5.26 Å². The third-order valence-electron chi connectivity index (χ3n) is 13.1. The zero-order valence-corrected chi connectivity index (χ0v) is 35.8. The molecular weight excluding hydrogens is 819 g/mol. The van der Waals surface area contributed by atoms with Crippen LogP contribution in [0.15, 0.2) is 212 Å². The molecule has 0 radical (unpaired) electrons. The highest BCUT2D eigenvalue weighted by molar-refractivity contribution is 6.19. The monoisotopic (exact) mass is 853 g/mol. The molecule has 0 fully saturated rings. The van der Waals surface area contributed by atoms with Crippen molar-refractivity contribution in [3.05, 3.63) is 229 Å². The summed E-state index contributed by atoms with van der Waals surface area (Å²) in [5.74, 6) is 0.480. The second-order valence-corrected chi connectivity index (χ2v) is 16.8. The molecule has 0 atom stereocenters. The van der Waals surface area contributed by atoms with Crippen LogP contribution in [0.3, 0.4) is 0 Å². The summed E-state index contributed by atoms with van der Waals surface area (Å²) < 4.78 is 6.81. The van der Waals surface area contributed by atoms with E-state index in [4.69, 9.17) is 16.5 Å². The van der Waals surface area contributed by atoms with Gasteiger partial charge in [0.15, 0.2) is 5.82 Å². The predicted octanol–water partition coefficient (Wildman–Crippen LogP) is 15.2. The number of hydrogen-bond donors (Lipinski definition) is 0. The predicted molar refractivity (Wildman–Crippen MR) is 272 cm³/mol. The Hall–Kier alpha value is -9.56. The fourth-order valence-corrected chi connectivity index (χ4v) is 10.2. The van der Waals surface area contributed by atoms with E-state index in [9.17, 15) is 5.26 Å². The molecule has 4 aromatic heterocycles. The number of para-hydroxylation sites is 5. The minimum atomic E-state index is 0.339. The Morgan fingerprint density at radius 2 is 0.851 bits per heavy atom. The summed E-state index contributed by atoms with van der Waals surface area (Å²) in [6.45, 7) is 8.69. The maximum Gasteiger partial charge on any atom is 0.211 e. The van der Waals surface area contributed by atoms with E-state index in [-0.39, 0.29) is 0 Å². The average molecular weight is 854 g/mol. The van der Waals surface area contributed by atoms with E-state index in [1.54, 1.807) is 0 Å². The SMILES string of the molecule is [C-]#[N+]c1cc(-c2nc(-c3ccc4c5ccccc5n(-c5ccccc5)c4c3)nc(-c3ccccc3)c2C#N)ccc1-n1c2ccccc2c2cc3c4ccccc4n(-c4ccccc4)c3cc21. The van der Waals surface area contributed by atoms with Crippen molar-refractivity contribution in [2.24, 2.45) is 0 Å². The van der Waals surface area contributed by atoms with Gasteiger partial charge in [0.2, 0.25) is 5.69 Å². The van der Waals surface area contributed by atoms with E-state index in [2.05, 4.69) is 170 Å². The van der Waals surface area contributed by atoms with Gasteiger partial charge in [-0.3, -0.25) is 0 Å². The molecule has 9 aromatic carbocycles. The Morgan fingerprint density at radius 3 is 1.43 bits per heavy atom. The van der Waals surface area contributed by atoms with Gasteiger partial charge < -0.3 is 13.7 Å². The van der Waals surface area contributed by atoms with E-state index in [0.29, 0.717) is 34.0 Å². The van der Waals surface area contributed by atoms with Crippen LogP contribution in [0.1, 0.15) is 5.56 Å². The van der Waals surface area contributed by atoms with E-state index in [1.165, 1.54) is 5.39 Å². The first-order valence-electron chi connectivity index (χ1n) is 22.2. The zero-order chi connectivity index (χ0) is 44.6. The molecule has 0 aliphatic rings. The van der Waals surface area contributed by atoms with Gasteiger partial charge in [-0.25, -0.2) is 14.8 Å². The third kappa shape index (κ3) is 5.83. The van der Waals surface area contributed by atoms with Gasteiger partial charge in [-0.2, -0.15) is 5.26 Å². The molecule has 0 bridgehead atoms. The Morgan fingerprint density at radius 1 is 0.388 bits per heavy atom. The number of benzene rings is 9. The van der Waals surface area contributed by atoms with Gasteiger partial charge in [-0.05, 0) is 78.4 Å². The van der Waals surface area contributed by atoms with Crippen molar-refractivity contribution in [3.8, 4) is 57.0 Å². The Balaban J connectivity index is 1.03. The van der Waals surface area contributed by atoms with E-state index < -0.39 is 0 Å². The second-order valence-electron chi connectivity index (χ2n) is 16.8. The number of rotatable bonds is 6. The van der Waals surface area contributed by atoms with Crippen LogP contribution in [0.25, 0.3) is 121 Å². The summed E-state index contributed by atoms with van der Waals surface area (Å²) in [6.07, 6.45) is 0. The first-order chi connectivity index (χ1) is 33.2. The van der Waals surface area contributed by atoms with Crippen molar-refractivity contribution in [2.45, 2.75) is 0 Å². The standard InChI is InChI=1S/C60H35N7/c1-62-50-33-39(30-32-54(50)67-53-28-16-13-25-45(53)48-35-47-44-24-12-15-27-52(44)66(56(47)36-57(48)67)42-21-9-4-10-22-42)59-49(37-61)58(38-17-5-2-6-18-38)63-60(64-59)40-29-31-46-43-23-11-14-26-51(43)65(55(46)34-40)41-19-7-3-8-20-41/h2-36H. The molecule has 13 aromatic rings. The summed E-state index contributed by atoms with van der Waals surface area (Å²) >= 11 is 0. The molecular formula is C60H35N7. The number of fused-ring (bicyclic) bond motifs is 9. The molecule has 0 aliphatic carbocycles. The lowest BCUT2D eigenvalue weighted by Crippen LogP contribution is -2.02. The van der Waals surface area contributed by atoms with Crippen LogP contribution in [0.2, 0.25) is 0 Å². The lowest BCUT2D eigenvalue weighted by molar-refractivity contribution is 1.16. The molecule has 67 heavy (non-hydrogen) atoms. The van der Waals surface area contributed by atoms with Crippen molar-refractivity contribution in [1.82, 2.24) is 23.7 Å². The maximum atomic E-state index is 11.0. The normalized spacial score (nSPS) is 11.6. The van der Waals surface area contributed by atoms with E-state index >= 15 is 0 Å². The number of nitrogens with zero attached hydrogens (tertiary/aromatic N) is 7. The molecule has 7 heteroatoms. The Labute approximate surface area is 384 Å². The van der Waals surface area contributed by atoms with Gasteiger partial charge in [-0.15, -0.1) is 0 Å². The highest BCUT2D eigenvalue weighted by Crippen LogP contribution is 2.43. The first-order valence-corrected chi connectivity index (χ1v) is 22.2. The maximum absolute atomic E-state index is 11.0. The van der Waals surface area contributed by atoms with Crippen LogP contribution >= 0.6 is 0 Å². The van der Waals surface area contributed by atoms with Gasteiger partial charge in [0, 0.05) is 54.8 Å². The lowest BCUT2D eigenvalue weighted by Gasteiger charge is -2.15. The van der Waals surface area contributed by atoms with Crippen molar-refractivity contribution in [3.63, 3.8) is 0 Å². The average Bonchev–Trinajstić information content (AvgIpc) is 4.03. The number of aromatic nitrogens is 5. The molecule has 310 valence electrons. The number of nitriles is 1. The fraction of sp³-hybridized carbons (Fsp3) is 0. The molecule has 0 spiro atoms. The molecule has 0 unspecified atom stereocenters. The van der Waals surface area contributed by atoms with Crippen LogP contribution in [-0.4, -0.2) is 23.7 Å². The molecule has 0 N–H and O–H groups in total. The fourth-order valence-electron chi connectivity index (χ4n) is 10.2. The largest absolute Gasteiger partial charge is 0.319 e. The molecule has 7 nitrogen and oxygen atoms in total. The summed E-state index contributed by atoms with van der Waals surface area (Å²) in [5, 5.41) is 17.8. The second kappa shape index (κ2) is 15.0. The van der Waals surface area contributed by atoms with Crippen LogP contribution in [-0.2, 0) is 0 Å². The van der Waals surface area contributed by atoms with Crippen LogP contribution in [0.4, 0.5) is 5.69 Å². The summed E-state index contributed by atoms with van der Waals surface area (Å²) in [4.78, 5) is 14.6. The highest BCUT2D eigenvalue weighted by atomic mass is 15.0. The van der Waals surface area contributed by atoms with Gasteiger partial charge in [0.05, 0.1) is 56.7 Å².